The van der Waals surface area contributed by atoms with Crippen LogP contribution in [0.4, 0.5) is 4.79 Å². The van der Waals surface area contributed by atoms with E-state index >= 15 is 0 Å². The number of hydrogen-bond donors (Lipinski definition) is 1. The number of rotatable bonds is 2. The summed E-state index contributed by atoms with van der Waals surface area (Å²) in [7, 11) is 1.76. The van der Waals surface area contributed by atoms with Crippen LogP contribution in [-0.4, -0.2) is 51.4 Å². The van der Waals surface area contributed by atoms with Crippen molar-refractivity contribution in [3.05, 3.63) is 17.5 Å². The summed E-state index contributed by atoms with van der Waals surface area (Å²) in [6.07, 6.45) is 1.16. The number of amides is 2. The fourth-order valence-electron chi connectivity index (χ4n) is 2.62. The standard InChI is InChI=1S/C16H26N4O3/c1-11-10-13(19(5)18-11)14(21)17-12-6-8-20(9-7-12)15(22)23-16(2,3)4/h10,12H,6-9H2,1-5H3,(H,17,21). The minimum Gasteiger partial charge on any atom is -0.444 e. The van der Waals surface area contributed by atoms with Gasteiger partial charge in [0.25, 0.3) is 5.91 Å². The Morgan fingerprint density at radius 3 is 2.39 bits per heavy atom. The molecule has 0 saturated carbocycles. The lowest BCUT2D eigenvalue weighted by atomic mass is 10.1. The van der Waals surface area contributed by atoms with E-state index in [1.54, 1.807) is 22.7 Å². The molecule has 7 heteroatoms. The lowest BCUT2D eigenvalue weighted by molar-refractivity contribution is 0.0199. The first-order valence-electron chi connectivity index (χ1n) is 7.95. The first-order valence-corrected chi connectivity index (χ1v) is 7.95. The van der Waals surface area contributed by atoms with Gasteiger partial charge in [-0.3, -0.25) is 9.48 Å². The van der Waals surface area contributed by atoms with Crippen LogP contribution in [0.5, 0.6) is 0 Å². The lowest BCUT2D eigenvalue weighted by Gasteiger charge is -2.33. The molecule has 0 bridgehead atoms. The van der Waals surface area contributed by atoms with Crippen molar-refractivity contribution in [2.75, 3.05) is 13.1 Å². The number of carbonyl (C=O) groups is 2. The molecule has 2 rings (SSSR count). The molecule has 7 nitrogen and oxygen atoms in total. The second-order valence-electron chi connectivity index (χ2n) is 7.01. The molecule has 1 aliphatic heterocycles. The van der Waals surface area contributed by atoms with Crippen molar-refractivity contribution < 1.29 is 14.3 Å². The molecule has 0 aliphatic carbocycles. The number of aromatic nitrogens is 2. The van der Waals surface area contributed by atoms with Crippen LogP contribution < -0.4 is 5.32 Å². The Balaban J connectivity index is 1.84. The van der Waals surface area contributed by atoms with Crippen LogP contribution in [-0.2, 0) is 11.8 Å². The predicted octanol–water partition coefficient (Wildman–Crippen LogP) is 1.86. The number of carbonyl (C=O) groups excluding carboxylic acids is 2. The highest BCUT2D eigenvalue weighted by atomic mass is 16.6. The molecule has 1 aromatic rings. The maximum atomic E-state index is 12.3. The predicted molar refractivity (Wildman–Crippen MR) is 86.2 cm³/mol. The third-order valence-corrected chi connectivity index (χ3v) is 3.72. The zero-order valence-electron chi connectivity index (χ0n) is 14.5. The Kier molecular flexibility index (Phi) is 4.97. The Hall–Kier alpha value is -2.05. The highest BCUT2D eigenvalue weighted by molar-refractivity contribution is 5.92. The van der Waals surface area contributed by atoms with Crippen LogP contribution >= 0.6 is 0 Å². The molecular formula is C16H26N4O3. The largest absolute Gasteiger partial charge is 0.444 e. The van der Waals surface area contributed by atoms with E-state index in [2.05, 4.69) is 10.4 Å². The van der Waals surface area contributed by atoms with E-state index in [-0.39, 0.29) is 18.0 Å². The molecule has 23 heavy (non-hydrogen) atoms. The summed E-state index contributed by atoms with van der Waals surface area (Å²) in [6.45, 7) is 8.60. The minimum atomic E-state index is -0.487. The molecule has 2 amide bonds. The van der Waals surface area contributed by atoms with Crippen LogP contribution in [0.25, 0.3) is 0 Å². The van der Waals surface area contributed by atoms with Gasteiger partial charge in [-0.1, -0.05) is 0 Å². The van der Waals surface area contributed by atoms with Crippen molar-refractivity contribution in [3.8, 4) is 0 Å². The van der Waals surface area contributed by atoms with Gasteiger partial charge in [0.05, 0.1) is 5.69 Å². The Bertz CT molecular complexity index is 581. The van der Waals surface area contributed by atoms with E-state index in [1.807, 2.05) is 27.7 Å². The molecule has 1 aromatic heterocycles. The molecule has 1 N–H and O–H groups in total. The fraction of sp³-hybridized carbons (Fsp3) is 0.688. The van der Waals surface area contributed by atoms with Gasteiger partial charge in [0.2, 0.25) is 0 Å². The van der Waals surface area contributed by atoms with E-state index in [4.69, 9.17) is 4.74 Å². The second kappa shape index (κ2) is 6.60. The number of ether oxygens (including phenoxy) is 1. The quantitative estimate of drug-likeness (QED) is 0.901. The average Bonchev–Trinajstić information content (AvgIpc) is 2.76. The van der Waals surface area contributed by atoms with Gasteiger partial charge >= 0.3 is 6.09 Å². The molecule has 0 radical (unpaired) electrons. The lowest BCUT2D eigenvalue weighted by Crippen LogP contribution is -2.48. The minimum absolute atomic E-state index is 0.0661. The van der Waals surface area contributed by atoms with Crippen LogP contribution in [0.2, 0.25) is 0 Å². The number of hydrogen-bond acceptors (Lipinski definition) is 4. The van der Waals surface area contributed by atoms with E-state index in [9.17, 15) is 9.59 Å². The summed E-state index contributed by atoms with van der Waals surface area (Å²) in [5.41, 5.74) is 0.883. The summed E-state index contributed by atoms with van der Waals surface area (Å²) < 4.78 is 6.95. The van der Waals surface area contributed by atoms with Gasteiger partial charge in [-0.05, 0) is 46.6 Å². The summed E-state index contributed by atoms with van der Waals surface area (Å²) in [5.74, 6) is -0.121. The Morgan fingerprint density at radius 1 is 1.30 bits per heavy atom. The monoisotopic (exact) mass is 322 g/mol. The van der Waals surface area contributed by atoms with Crippen LogP contribution in [0.15, 0.2) is 6.07 Å². The molecule has 1 aliphatic rings. The molecular weight excluding hydrogens is 296 g/mol. The van der Waals surface area contributed by atoms with Gasteiger partial charge in [0.15, 0.2) is 0 Å². The van der Waals surface area contributed by atoms with Crippen molar-refractivity contribution >= 4 is 12.0 Å². The van der Waals surface area contributed by atoms with Gasteiger partial charge in [-0.15, -0.1) is 0 Å². The smallest absolute Gasteiger partial charge is 0.410 e. The summed E-state index contributed by atoms with van der Waals surface area (Å²) in [4.78, 5) is 26.0. The molecule has 2 heterocycles. The highest BCUT2D eigenvalue weighted by Crippen LogP contribution is 2.16. The van der Waals surface area contributed by atoms with Gasteiger partial charge in [0, 0.05) is 26.2 Å². The average molecular weight is 322 g/mol. The van der Waals surface area contributed by atoms with Gasteiger partial charge in [0.1, 0.15) is 11.3 Å². The number of aryl methyl sites for hydroxylation is 2. The van der Waals surface area contributed by atoms with Gasteiger partial charge in [-0.2, -0.15) is 5.10 Å². The van der Waals surface area contributed by atoms with E-state index in [0.29, 0.717) is 18.8 Å². The number of likely N-dealkylation sites (tertiary alicyclic amines) is 1. The SMILES string of the molecule is Cc1cc(C(=O)NC2CCN(C(=O)OC(C)(C)C)CC2)n(C)n1. The van der Waals surface area contributed by atoms with Crippen molar-refractivity contribution in [2.24, 2.45) is 7.05 Å². The zero-order chi connectivity index (χ0) is 17.2. The molecule has 1 fully saturated rings. The van der Waals surface area contributed by atoms with Gasteiger partial charge < -0.3 is 15.0 Å². The van der Waals surface area contributed by atoms with Crippen molar-refractivity contribution in [1.82, 2.24) is 20.0 Å². The topological polar surface area (TPSA) is 76.5 Å². The van der Waals surface area contributed by atoms with Crippen LogP contribution in [0.1, 0.15) is 49.8 Å². The van der Waals surface area contributed by atoms with Crippen LogP contribution in [0, 0.1) is 6.92 Å². The first kappa shape index (κ1) is 17.3. The van der Waals surface area contributed by atoms with Gasteiger partial charge in [-0.25, -0.2) is 4.79 Å². The fourth-order valence-corrected chi connectivity index (χ4v) is 2.62. The van der Waals surface area contributed by atoms with Crippen molar-refractivity contribution in [2.45, 2.75) is 52.2 Å². The maximum Gasteiger partial charge on any atom is 0.410 e. The van der Waals surface area contributed by atoms with Crippen LogP contribution in [0.3, 0.4) is 0 Å². The Labute approximate surface area is 137 Å². The van der Waals surface area contributed by atoms with E-state index in [0.717, 1.165) is 18.5 Å². The maximum absolute atomic E-state index is 12.3. The molecule has 0 unspecified atom stereocenters. The molecule has 0 atom stereocenters. The van der Waals surface area contributed by atoms with Crippen molar-refractivity contribution in [3.63, 3.8) is 0 Å². The zero-order valence-corrected chi connectivity index (χ0v) is 14.5. The van der Waals surface area contributed by atoms with E-state index < -0.39 is 5.60 Å². The molecule has 0 aromatic carbocycles. The number of nitrogens with one attached hydrogen (secondary N) is 1. The third kappa shape index (κ3) is 4.71. The molecule has 0 spiro atoms. The second-order valence-corrected chi connectivity index (χ2v) is 7.01. The Morgan fingerprint density at radius 2 is 1.91 bits per heavy atom. The highest BCUT2D eigenvalue weighted by Gasteiger charge is 2.28. The molecule has 1 saturated heterocycles. The summed E-state index contributed by atoms with van der Waals surface area (Å²) in [5, 5.41) is 7.20. The summed E-state index contributed by atoms with van der Waals surface area (Å²) >= 11 is 0. The van der Waals surface area contributed by atoms with Crippen molar-refractivity contribution in [1.29, 1.82) is 0 Å². The third-order valence-electron chi connectivity index (χ3n) is 3.72. The first-order chi connectivity index (χ1) is 10.7. The molecule has 128 valence electrons. The number of piperidine rings is 1. The van der Waals surface area contributed by atoms with E-state index in [1.165, 1.54) is 0 Å². The number of nitrogens with zero attached hydrogens (tertiary/aromatic N) is 3. The normalized spacial score (nSPS) is 16.3. The summed E-state index contributed by atoms with van der Waals surface area (Å²) in [6, 6.07) is 1.84.